The molecular formula is C3H5N4+. The third-order valence-electron chi connectivity index (χ3n) is 0.728. The zero-order valence-electron chi connectivity index (χ0n) is 3.70. The molecule has 36 valence electrons. The highest BCUT2D eigenvalue weighted by Gasteiger charge is 2.11. The third kappa shape index (κ3) is 0.602. The Bertz CT molecular complexity index is 113. The zero-order chi connectivity index (χ0) is 5.11. The molecular weight excluding hydrogens is 92.1 g/mol. The van der Waals surface area contributed by atoms with Crippen LogP contribution in [0.2, 0.25) is 0 Å². The van der Waals surface area contributed by atoms with Crippen LogP contribution in [0.25, 0.3) is 5.08 Å². The number of hydrogen-bond donors (Lipinski definition) is 1. The van der Waals surface area contributed by atoms with Crippen molar-refractivity contribution in [2.75, 3.05) is 6.54 Å². The molecule has 0 aromatic carbocycles. The summed E-state index contributed by atoms with van der Waals surface area (Å²) in [6.07, 6.45) is 3.56. The Balaban J connectivity index is 2.39. The fraction of sp³-hybridized carbons (Fsp3) is 0.333. The molecule has 1 heterocycles. The summed E-state index contributed by atoms with van der Waals surface area (Å²) >= 11 is 0. The lowest BCUT2D eigenvalue weighted by Gasteiger charge is -1.86. The molecule has 4 nitrogen and oxygen atoms in total. The quantitative estimate of drug-likeness (QED) is 0.435. The van der Waals surface area contributed by atoms with Gasteiger partial charge < -0.3 is 0 Å². The van der Waals surface area contributed by atoms with Crippen LogP contribution in [0.15, 0.2) is 12.3 Å². The van der Waals surface area contributed by atoms with Gasteiger partial charge in [0.15, 0.2) is 0 Å². The topological polar surface area (TPSA) is 43.4 Å². The van der Waals surface area contributed by atoms with Gasteiger partial charge in [-0.25, -0.2) is 5.43 Å². The Morgan fingerprint density at radius 1 is 1.86 bits per heavy atom. The van der Waals surface area contributed by atoms with Crippen LogP contribution < -0.4 is 5.43 Å². The summed E-state index contributed by atoms with van der Waals surface area (Å²) < 4.78 is 0. The van der Waals surface area contributed by atoms with Gasteiger partial charge in [0.2, 0.25) is 0 Å². The second-order valence-corrected chi connectivity index (χ2v) is 1.20. The number of nitrogens with one attached hydrogen (secondary N) is 1. The van der Waals surface area contributed by atoms with E-state index in [0.29, 0.717) is 6.54 Å². The first-order chi connectivity index (χ1) is 3.43. The average Bonchev–Trinajstić information content (AvgIpc) is 2.14. The molecule has 0 aromatic rings. The number of rotatable bonds is 0. The van der Waals surface area contributed by atoms with Crippen LogP contribution in [0.5, 0.6) is 0 Å². The molecule has 1 aliphatic rings. The van der Waals surface area contributed by atoms with E-state index in [4.69, 9.17) is 5.39 Å². The Labute approximate surface area is 41.0 Å². The number of hydrazine groups is 1. The van der Waals surface area contributed by atoms with Crippen LogP contribution in [0.3, 0.4) is 0 Å². The van der Waals surface area contributed by atoms with Gasteiger partial charge >= 0.3 is 5.08 Å². The van der Waals surface area contributed by atoms with Crippen molar-refractivity contribution in [3.8, 4) is 0 Å². The maximum absolute atomic E-state index is 8.01. The van der Waals surface area contributed by atoms with Crippen molar-refractivity contribution >= 4 is 0 Å². The molecule has 1 rings (SSSR count). The highest BCUT2D eigenvalue weighted by Crippen LogP contribution is 1.89. The van der Waals surface area contributed by atoms with Gasteiger partial charge in [0, 0.05) is 6.20 Å². The van der Waals surface area contributed by atoms with Gasteiger partial charge in [0.05, 0.1) is 5.12 Å². The van der Waals surface area contributed by atoms with Crippen LogP contribution in [0.1, 0.15) is 0 Å². The van der Waals surface area contributed by atoms with Crippen LogP contribution in [-0.2, 0) is 0 Å². The lowest BCUT2D eigenvalue weighted by Crippen LogP contribution is -2.21. The molecule has 0 saturated carbocycles. The van der Waals surface area contributed by atoms with Gasteiger partial charge in [-0.15, -0.1) is 0 Å². The first kappa shape index (κ1) is 3.93. The van der Waals surface area contributed by atoms with E-state index in [1.807, 2.05) is 6.08 Å². The largest absolute Gasteiger partial charge is 0.328 e. The lowest BCUT2D eigenvalue weighted by atomic mass is 10.7. The molecule has 1 N–H and O–H groups in total. The van der Waals surface area contributed by atoms with Crippen molar-refractivity contribution < 1.29 is 0 Å². The fourth-order valence-electron chi connectivity index (χ4n) is 0.406. The molecule has 1 aliphatic heterocycles. The van der Waals surface area contributed by atoms with E-state index in [1.54, 1.807) is 6.20 Å². The zero-order valence-corrected chi connectivity index (χ0v) is 3.70. The van der Waals surface area contributed by atoms with Crippen molar-refractivity contribution in [1.29, 1.82) is 5.39 Å². The first-order valence-electron chi connectivity index (χ1n) is 1.97. The fourth-order valence-corrected chi connectivity index (χ4v) is 0.406. The third-order valence-corrected chi connectivity index (χ3v) is 0.728. The van der Waals surface area contributed by atoms with E-state index in [2.05, 4.69) is 10.5 Å². The van der Waals surface area contributed by atoms with Gasteiger partial charge in [-0.3, -0.25) is 0 Å². The summed E-state index contributed by atoms with van der Waals surface area (Å²) in [5.41, 5.74) is 2.64. The van der Waals surface area contributed by atoms with E-state index in [-0.39, 0.29) is 0 Å². The van der Waals surface area contributed by atoms with Gasteiger partial charge in [-0.2, -0.15) is 0 Å². The monoisotopic (exact) mass is 97.1 g/mol. The summed E-state index contributed by atoms with van der Waals surface area (Å²) in [6, 6.07) is 0. The highest BCUT2D eigenvalue weighted by atomic mass is 15.7. The number of diazo groups is 1. The molecule has 0 atom stereocenters. The average molecular weight is 97.1 g/mol. The Hall–Kier alpha value is -1.24. The predicted octanol–water partition coefficient (Wildman–Crippen LogP) is 0.0884. The number of hydrogen-bond acceptors (Lipinski definition) is 3. The first-order valence-corrected chi connectivity index (χ1v) is 1.97. The second kappa shape index (κ2) is 1.47. The number of nitrogens with zero attached hydrogens (tertiary/aromatic N) is 3. The normalized spacial score (nSPS) is 16.1. The maximum atomic E-state index is 8.01. The van der Waals surface area contributed by atoms with Crippen molar-refractivity contribution in [2.24, 2.45) is 0 Å². The maximum Gasteiger partial charge on any atom is 0.328 e. The minimum atomic E-state index is 0.635. The minimum Gasteiger partial charge on any atom is -0.241 e. The summed E-state index contributed by atoms with van der Waals surface area (Å²) in [5.74, 6) is 0. The Morgan fingerprint density at radius 2 is 2.71 bits per heavy atom. The molecule has 4 heteroatoms. The molecule has 0 aromatic heterocycles. The highest BCUT2D eigenvalue weighted by molar-refractivity contribution is 4.88. The smallest absolute Gasteiger partial charge is 0.241 e. The predicted molar refractivity (Wildman–Crippen MR) is 24.1 cm³/mol. The van der Waals surface area contributed by atoms with Crippen LogP contribution in [0.4, 0.5) is 0 Å². The summed E-state index contributed by atoms with van der Waals surface area (Å²) in [7, 11) is 0. The summed E-state index contributed by atoms with van der Waals surface area (Å²) in [6.45, 7) is 0.635. The van der Waals surface area contributed by atoms with E-state index in [1.165, 1.54) is 5.12 Å². The molecule has 0 spiro atoms. The molecule has 0 fully saturated rings. The summed E-state index contributed by atoms with van der Waals surface area (Å²) in [4.78, 5) is 0. The van der Waals surface area contributed by atoms with Crippen LogP contribution in [-0.4, -0.2) is 11.7 Å². The molecule has 0 bridgehead atoms. The van der Waals surface area contributed by atoms with Crippen molar-refractivity contribution in [2.45, 2.75) is 0 Å². The van der Waals surface area contributed by atoms with E-state index in [0.717, 1.165) is 0 Å². The van der Waals surface area contributed by atoms with Gasteiger partial charge in [0.1, 0.15) is 6.54 Å². The van der Waals surface area contributed by atoms with Gasteiger partial charge in [0.25, 0.3) is 5.39 Å². The van der Waals surface area contributed by atoms with Gasteiger partial charge in [-0.05, 0) is 6.08 Å². The lowest BCUT2D eigenvalue weighted by molar-refractivity contribution is 0.362. The van der Waals surface area contributed by atoms with Crippen molar-refractivity contribution in [1.82, 2.24) is 10.5 Å². The molecule has 0 aliphatic carbocycles. The van der Waals surface area contributed by atoms with E-state index in [9.17, 15) is 0 Å². The second-order valence-electron chi connectivity index (χ2n) is 1.20. The molecule has 0 saturated heterocycles. The van der Waals surface area contributed by atoms with Crippen molar-refractivity contribution in [3.05, 3.63) is 17.4 Å². The van der Waals surface area contributed by atoms with Crippen LogP contribution >= 0.6 is 0 Å². The van der Waals surface area contributed by atoms with E-state index < -0.39 is 0 Å². The SMILES string of the molecule is N#[N+]N1CC=CN1. The molecule has 0 amide bonds. The Morgan fingerprint density at radius 3 is 3.00 bits per heavy atom. The van der Waals surface area contributed by atoms with Gasteiger partial charge in [-0.1, -0.05) is 0 Å². The Kier molecular flexibility index (Phi) is 0.828. The van der Waals surface area contributed by atoms with E-state index >= 15 is 0 Å². The molecule has 7 heavy (non-hydrogen) atoms. The minimum absolute atomic E-state index is 0.635. The summed E-state index contributed by atoms with van der Waals surface area (Å²) in [5, 5.41) is 12.2. The van der Waals surface area contributed by atoms with Crippen molar-refractivity contribution in [3.63, 3.8) is 0 Å². The van der Waals surface area contributed by atoms with Crippen LogP contribution in [0, 0.1) is 5.39 Å². The molecule has 0 radical (unpaired) electrons. The molecule has 0 unspecified atom stereocenters. The standard InChI is InChI=1S/C3H5N4/c4-6-7-3-1-2-5-7/h1-2,5H,3H2/q+1.